The Labute approximate surface area is 201 Å². The third kappa shape index (κ3) is 5.25. The maximum atomic E-state index is 12.7. The van der Waals surface area contributed by atoms with Crippen molar-refractivity contribution in [1.82, 2.24) is 9.88 Å². The van der Waals surface area contributed by atoms with Gasteiger partial charge in [-0.1, -0.05) is 29.8 Å². The lowest BCUT2D eigenvalue weighted by Crippen LogP contribution is -2.49. The van der Waals surface area contributed by atoms with Crippen LogP contribution in [-0.4, -0.2) is 48.6 Å². The molecule has 5 nitrogen and oxygen atoms in total. The summed E-state index contributed by atoms with van der Waals surface area (Å²) in [6.45, 7) is 11.8. The van der Waals surface area contributed by atoms with Crippen LogP contribution in [0.15, 0.2) is 36.4 Å². The summed E-state index contributed by atoms with van der Waals surface area (Å²) in [6.07, 6.45) is 1.20. The number of anilines is 1. The normalized spacial score (nSPS) is 14.1. The number of fused-ring (bicyclic) bond motifs is 1. The second kappa shape index (κ2) is 10.0. The van der Waals surface area contributed by atoms with Gasteiger partial charge in [0.05, 0.1) is 12.1 Å². The van der Waals surface area contributed by atoms with Crippen molar-refractivity contribution in [2.75, 3.05) is 37.7 Å². The number of ether oxygens (including phenoxy) is 1. The van der Waals surface area contributed by atoms with E-state index < -0.39 is 0 Å². The number of nitrogens with zero attached hydrogens (tertiary/aromatic N) is 3. The zero-order chi connectivity index (χ0) is 23.5. The molecule has 1 aliphatic rings. The van der Waals surface area contributed by atoms with E-state index in [1.165, 1.54) is 16.5 Å². The second-order valence-corrected chi connectivity index (χ2v) is 9.34. The average Bonchev–Trinajstić information content (AvgIpc) is 2.80. The highest BCUT2D eigenvalue weighted by atomic mass is 35.5. The number of amides is 1. The molecule has 0 saturated carbocycles. The van der Waals surface area contributed by atoms with Crippen LogP contribution < -0.4 is 9.64 Å². The molecule has 3 aromatic rings. The van der Waals surface area contributed by atoms with E-state index in [0.717, 1.165) is 59.4 Å². The van der Waals surface area contributed by atoms with Gasteiger partial charge < -0.3 is 14.5 Å². The van der Waals surface area contributed by atoms with Crippen molar-refractivity contribution in [2.45, 2.75) is 40.5 Å². The molecule has 2 heterocycles. The highest BCUT2D eigenvalue weighted by molar-refractivity contribution is 6.32. The van der Waals surface area contributed by atoms with Gasteiger partial charge in [0.2, 0.25) is 5.91 Å². The fourth-order valence-electron chi connectivity index (χ4n) is 4.45. The van der Waals surface area contributed by atoms with Crippen LogP contribution >= 0.6 is 11.6 Å². The first-order valence-electron chi connectivity index (χ1n) is 11.6. The highest BCUT2D eigenvalue weighted by Gasteiger charge is 2.22. The van der Waals surface area contributed by atoms with Gasteiger partial charge in [-0.25, -0.2) is 4.98 Å². The van der Waals surface area contributed by atoms with Gasteiger partial charge in [-0.05, 0) is 74.6 Å². The number of halogens is 1. The first kappa shape index (κ1) is 23.4. The topological polar surface area (TPSA) is 45.7 Å². The summed E-state index contributed by atoms with van der Waals surface area (Å²) < 4.78 is 5.85. The largest absolute Gasteiger partial charge is 0.494 e. The quantitative estimate of drug-likeness (QED) is 0.442. The van der Waals surface area contributed by atoms with E-state index in [1.807, 2.05) is 30.9 Å². The van der Waals surface area contributed by atoms with Crippen molar-refractivity contribution in [2.24, 2.45) is 0 Å². The Balaban J connectivity index is 1.27. The van der Waals surface area contributed by atoms with Crippen LogP contribution in [0.4, 0.5) is 5.82 Å². The van der Waals surface area contributed by atoms with Crippen molar-refractivity contribution in [3.8, 4) is 5.75 Å². The lowest BCUT2D eigenvalue weighted by Gasteiger charge is -2.35. The number of carbonyl (C=O) groups is 1. The van der Waals surface area contributed by atoms with Crippen molar-refractivity contribution in [1.29, 1.82) is 0 Å². The molecular weight excluding hydrogens is 434 g/mol. The Morgan fingerprint density at radius 3 is 2.36 bits per heavy atom. The number of hydrogen-bond acceptors (Lipinski definition) is 4. The molecule has 0 N–H and O–H groups in total. The van der Waals surface area contributed by atoms with Crippen LogP contribution in [0.3, 0.4) is 0 Å². The summed E-state index contributed by atoms with van der Waals surface area (Å²) in [5.41, 5.74) is 5.51. The van der Waals surface area contributed by atoms with Gasteiger partial charge in [-0.2, -0.15) is 0 Å². The van der Waals surface area contributed by atoms with E-state index in [-0.39, 0.29) is 5.91 Å². The third-order valence-corrected chi connectivity index (χ3v) is 7.00. The molecule has 0 unspecified atom stereocenters. The Bertz CT molecular complexity index is 1150. The maximum absolute atomic E-state index is 12.7. The Kier molecular flexibility index (Phi) is 7.08. The zero-order valence-corrected chi connectivity index (χ0v) is 20.7. The molecule has 6 heteroatoms. The van der Waals surface area contributed by atoms with Crippen molar-refractivity contribution in [3.63, 3.8) is 0 Å². The molecule has 0 bridgehead atoms. The number of carbonyl (C=O) groups excluding carboxylic acids is 1. The van der Waals surface area contributed by atoms with E-state index in [2.05, 4.69) is 43.0 Å². The predicted octanol–water partition coefficient (Wildman–Crippen LogP) is 5.63. The number of aromatic nitrogens is 1. The summed E-state index contributed by atoms with van der Waals surface area (Å²) in [6, 6.07) is 12.4. The number of benzene rings is 2. The Hall–Kier alpha value is -2.79. The van der Waals surface area contributed by atoms with Gasteiger partial charge in [0.15, 0.2) is 0 Å². The van der Waals surface area contributed by atoms with Gasteiger partial charge in [-0.15, -0.1) is 0 Å². The summed E-state index contributed by atoms with van der Waals surface area (Å²) in [5, 5.41) is 1.99. The molecule has 1 saturated heterocycles. The van der Waals surface area contributed by atoms with Crippen LogP contribution in [0.5, 0.6) is 5.75 Å². The average molecular weight is 466 g/mol. The Morgan fingerprint density at radius 2 is 1.67 bits per heavy atom. The minimum atomic E-state index is 0.195. The fourth-order valence-corrected chi connectivity index (χ4v) is 4.56. The molecular formula is C27H32ClN3O2. The van der Waals surface area contributed by atoms with Crippen molar-refractivity contribution in [3.05, 3.63) is 63.7 Å². The lowest BCUT2D eigenvalue weighted by molar-refractivity contribution is -0.131. The smallest absolute Gasteiger partial charge is 0.222 e. The predicted molar refractivity (Wildman–Crippen MR) is 136 cm³/mol. The zero-order valence-electron chi connectivity index (χ0n) is 19.9. The minimum Gasteiger partial charge on any atom is -0.494 e. The number of aryl methyl sites for hydroxylation is 4. The number of hydrogen-bond donors (Lipinski definition) is 0. The lowest BCUT2D eigenvalue weighted by atomic mass is 10.1. The van der Waals surface area contributed by atoms with Crippen molar-refractivity contribution < 1.29 is 9.53 Å². The van der Waals surface area contributed by atoms with Crippen LogP contribution in [0.1, 0.15) is 35.1 Å². The summed E-state index contributed by atoms with van der Waals surface area (Å²) >= 11 is 6.22. The maximum Gasteiger partial charge on any atom is 0.222 e. The first-order valence-corrected chi connectivity index (χ1v) is 12.0. The number of para-hydroxylation sites is 1. The van der Waals surface area contributed by atoms with Gasteiger partial charge >= 0.3 is 0 Å². The molecule has 4 rings (SSSR count). The van der Waals surface area contributed by atoms with E-state index in [0.29, 0.717) is 19.4 Å². The molecule has 1 fully saturated rings. The monoisotopic (exact) mass is 465 g/mol. The van der Waals surface area contributed by atoms with Crippen LogP contribution in [-0.2, 0) is 4.79 Å². The molecule has 1 aromatic heterocycles. The fraction of sp³-hybridized carbons (Fsp3) is 0.407. The van der Waals surface area contributed by atoms with Gasteiger partial charge in [0.1, 0.15) is 11.6 Å². The number of pyridine rings is 1. The third-order valence-electron chi connectivity index (χ3n) is 6.40. The molecule has 33 heavy (non-hydrogen) atoms. The summed E-state index contributed by atoms with van der Waals surface area (Å²) in [7, 11) is 0. The number of piperazine rings is 1. The molecule has 0 spiro atoms. The summed E-state index contributed by atoms with van der Waals surface area (Å²) in [4.78, 5) is 21.9. The van der Waals surface area contributed by atoms with E-state index >= 15 is 0 Å². The molecule has 0 aliphatic carbocycles. The minimum absolute atomic E-state index is 0.195. The van der Waals surface area contributed by atoms with E-state index in [1.54, 1.807) is 0 Å². The Morgan fingerprint density at radius 1 is 0.970 bits per heavy atom. The molecule has 174 valence electrons. The van der Waals surface area contributed by atoms with Gasteiger partial charge in [-0.3, -0.25) is 4.79 Å². The summed E-state index contributed by atoms with van der Waals surface area (Å²) in [5.74, 6) is 2.01. The number of rotatable bonds is 6. The van der Waals surface area contributed by atoms with Gasteiger partial charge in [0, 0.05) is 43.0 Å². The van der Waals surface area contributed by atoms with Crippen LogP contribution in [0, 0.1) is 27.7 Å². The van der Waals surface area contributed by atoms with E-state index in [9.17, 15) is 4.79 Å². The molecule has 1 aliphatic heterocycles. The standard InChI is InChI=1S/C27H32ClN3O2/c1-18-7-5-8-23-19(2)17-24(29-27(18)23)30-10-12-31(13-11-30)25(32)9-6-14-33-22-15-20(3)26(28)21(4)16-22/h5,7-8,15-17H,6,9-14H2,1-4H3. The van der Waals surface area contributed by atoms with Crippen molar-refractivity contribution >= 4 is 34.2 Å². The van der Waals surface area contributed by atoms with E-state index in [4.69, 9.17) is 21.3 Å². The molecule has 0 radical (unpaired) electrons. The van der Waals surface area contributed by atoms with Gasteiger partial charge in [0.25, 0.3) is 0 Å². The SMILES string of the molecule is Cc1cc(OCCCC(=O)N2CCN(c3cc(C)c4cccc(C)c4n3)CC2)cc(C)c1Cl. The van der Waals surface area contributed by atoms with Crippen LogP contribution in [0.25, 0.3) is 10.9 Å². The van der Waals surface area contributed by atoms with Crippen LogP contribution in [0.2, 0.25) is 5.02 Å². The first-order chi connectivity index (χ1) is 15.8. The molecule has 2 aromatic carbocycles. The second-order valence-electron chi connectivity index (χ2n) is 8.96. The molecule has 0 atom stereocenters. The highest BCUT2D eigenvalue weighted by Crippen LogP contribution is 2.27. The molecule has 1 amide bonds.